The van der Waals surface area contributed by atoms with Gasteiger partial charge in [-0.1, -0.05) is 26.0 Å². The molecule has 1 aromatic heterocycles. The van der Waals surface area contributed by atoms with E-state index in [1.807, 2.05) is 33.2 Å². The number of anilines is 1. The van der Waals surface area contributed by atoms with Crippen molar-refractivity contribution in [2.75, 3.05) is 11.4 Å². The van der Waals surface area contributed by atoms with Crippen LogP contribution in [0.25, 0.3) is 0 Å². The van der Waals surface area contributed by atoms with Crippen LogP contribution in [0.1, 0.15) is 51.3 Å². The number of pyridine rings is 1. The number of hydrogen-bond acceptors (Lipinski definition) is 3. The topological polar surface area (TPSA) is 42.4 Å². The van der Waals surface area contributed by atoms with Crippen molar-refractivity contribution in [1.82, 2.24) is 4.98 Å². The number of ether oxygens (including phenoxy) is 1. The summed E-state index contributed by atoms with van der Waals surface area (Å²) in [6.45, 7) is 10.7. The Bertz CT molecular complexity index is 792. The summed E-state index contributed by atoms with van der Waals surface area (Å²) in [6.07, 6.45) is 5.35. The van der Waals surface area contributed by atoms with Crippen molar-refractivity contribution in [2.45, 2.75) is 58.5 Å². The van der Waals surface area contributed by atoms with E-state index in [1.165, 1.54) is 16.7 Å². The molecule has 0 N–H and O–H groups in total. The smallest absolute Gasteiger partial charge is 0.414 e. The van der Waals surface area contributed by atoms with Crippen LogP contribution >= 0.6 is 0 Å². The van der Waals surface area contributed by atoms with E-state index in [2.05, 4.69) is 49.2 Å². The number of fused-ring (bicyclic) bond motifs is 1. The van der Waals surface area contributed by atoms with Crippen LogP contribution in [0.2, 0.25) is 0 Å². The first-order valence-electron chi connectivity index (χ1n) is 9.18. The molecule has 2 heterocycles. The SMILES string of the molecule is CC(C)(C)OC(=O)N1CC(C)(C)c2cc(CCc3ccncc3)ccc21. The molecule has 3 rings (SSSR count). The Morgan fingerprint density at radius 2 is 1.77 bits per heavy atom. The van der Waals surface area contributed by atoms with Gasteiger partial charge in [0.1, 0.15) is 5.60 Å². The van der Waals surface area contributed by atoms with E-state index in [1.54, 1.807) is 4.90 Å². The van der Waals surface area contributed by atoms with Crippen molar-refractivity contribution in [3.05, 3.63) is 59.4 Å². The average molecular weight is 352 g/mol. The number of carbonyl (C=O) groups is 1. The number of benzene rings is 1. The molecule has 1 amide bonds. The van der Waals surface area contributed by atoms with Gasteiger partial charge in [-0.25, -0.2) is 4.79 Å². The van der Waals surface area contributed by atoms with E-state index >= 15 is 0 Å². The third-order valence-corrected chi connectivity index (χ3v) is 4.70. The normalized spacial score (nSPS) is 15.7. The van der Waals surface area contributed by atoms with Gasteiger partial charge in [0.25, 0.3) is 0 Å². The van der Waals surface area contributed by atoms with Gasteiger partial charge in [-0.05, 0) is 68.5 Å². The van der Waals surface area contributed by atoms with Gasteiger partial charge in [0.15, 0.2) is 0 Å². The average Bonchev–Trinajstić information content (AvgIpc) is 2.84. The van der Waals surface area contributed by atoms with Crippen molar-refractivity contribution in [2.24, 2.45) is 0 Å². The number of aryl methyl sites for hydroxylation is 2. The maximum Gasteiger partial charge on any atom is 0.414 e. The van der Waals surface area contributed by atoms with Gasteiger partial charge in [-0.3, -0.25) is 9.88 Å². The first kappa shape index (κ1) is 18.4. The zero-order valence-corrected chi connectivity index (χ0v) is 16.4. The minimum absolute atomic E-state index is 0.0844. The summed E-state index contributed by atoms with van der Waals surface area (Å²) >= 11 is 0. The van der Waals surface area contributed by atoms with Crippen molar-refractivity contribution >= 4 is 11.8 Å². The number of aromatic nitrogens is 1. The van der Waals surface area contributed by atoms with Crippen LogP contribution in [0.3, 0.4) is 0 Å². The molecule has 0 aliphatic carbocycles. The lowest BCUT2D eigenvalue weighted by molar-refractivity contribution is 0.0579. The molecule has 0 unspecified atom stereocenters. The molecule has 1 aromatic carbocycles. The Kier molecular flexibility index (Phi) is 4.78. The Balaban J connectivity index is 1.80. The minimum atomic E-state index is -0.492. The lowest BCUT2D eigenvalue weighted by Gasteiger charge is -2.25. The summed E-state index contributed by atoms with van der Waals surface area (Å²) in [5, 5.41) is 0. The predicted molar refractivity (Wildman–Crippen MR) is 105 cm³/mol. The second kappa shape index (κ2) is 6.75. The Hall–Kier alpha value is -2.36. The zero-order valence-electron chi connectivity index (χ0n) is 16.4. The van der Waals surface area contributed by atoms with Crippen molar-refractivity contribution in [1.29, 1.82) is 0 Å². The molecule has 4 nitrogen and oxygen atoms in total. The van der Waals surface area contributed by atoms with E-state index < -0.39 is 5.60 Å². The fraction of sp³-hybridized carbons (Fsp3) is 0.455. The second-order valence-corrected chi connectivity index (χ2v) is 8.66. The van der Waals surface area contributed by atoms with Crippen LogP contribution in [-0.2, 0) is 23.0 Å². The number of nitrogens with zero attached hydrogens (tertiary/aromatic N) is 2. The molecular weight excluding hydrogens is 324 g/mol. The van der Waals surface area contributed by atoms with Gasteiger partial charge in [0.05, 0.1) is 5.69 Å². The Morgan fingerprint density at radius 3 is 2.42 bits per heavy atom. The van der Waals surface area contributed by atoms with E-state index in [0.717, 1.165) is 18.5 Å². The highest BCUT2D eigenvalue weighted by molar-refractivity contribution is 5.91. The summed E-state index contributed by atoms with van der Waals surface area (Å²) in [4.78, 5) is 18.4. The molecule has 4 heteroatoms. The number of hydrogen-bond donors (Lipinski definition) is 0. The monoisotopic (exact) mass is 352 g/mol. The molecule has 0 fully saturated rings. The van der Waals surface area contributed by atoms with Crippen LogP contribution in [0.15, 0.2) is 42.7 Å². The van der Waals surface area contributed by atoms with E-state index in [0.29, 0.717) is 6.54 Å². The molecule has 26 heavy (non-hydrogen) atoms. The van der Waals surface area contributed by atoms with Crippen molar-refractivity contribution < 1.29 is 9.53 Å². The fourth-order valence-corrected chi connectivity index (χ4v) is 3.40. The fourth-order valence-electron chi connectivity index (χ4n) is 3.40. The number of carbonyl (C=O) groups excluding carboxylic acids is 1. The van der Waals surface area contributed by atoms with Gasteiger partial charge in [0, 0.05) is 24.4 Å². The van der Waals surface area contributed by atoms with Crippen molar-refractivity contribution in [3.8, 4) is 0 Å². The van der Waals surface area contributed by atoms with E-state index in [9.17, 15) is 4.79 Å². The highest BCUT2D eigenvalue weighted by Gasteiger charge is 2.39. The number of amides is 1. The first-order chi connectivity index (χ1) is 12.2. The lowest BCUT2D eigenvalue weighted by Crippen LogP contribution is -2.38. The van der Waals surface area contributed by atoms with Crippen LogP contribution in [0.5, 0.6) is 0 Å². The van der Waals surface area contributed by atoms with Gasteiger partial charge in [-0.2, -0.15) is 0 Å². The lowest BCUT2D eigenvalue weighted by atomic mass is 9.85. The molecule has 0 saturated heterocycles. The summed E-state index contributed by atoms with van der Waals surface area (Å²) in [7, 11) is 0. The zero-order chi connectivity index (χ0) is 18.9. The predicted octanol–water partition coefficient (Wildman–Crippen LogP) is 4.90. The second-order valence-electron chi connectivity index (χ2n) is 8.66. The van der Waals surface area contributed by atoms with Gasteiger partial charge in [-0.15, -0.1) is 0 Å². The quantitative estimate of drug-likeness (QED) is 0.789. The van der Waals surface area contributed by atoms with Crippen molar-refractivity contribution in [3.63, 3.8) is 0 Å². The van der Waals surface area contributed by atoms with Gasteiger partial charge in [0.2, 0.25) is 0 Å². The first-order valence-corrected chi connectivity index (χ1v) is 9.18. The van der Waals surface area contributed by atoms with E-state index in [4.69, 9.17) is 4.74 Å². The van der Waals surface area contributed by atoms with Crippen LogP contribution in [0.4, 0.5) is 10.5 Å². The highest BCUT2D eigenvalue weighted by atomic mass is 16.6. The molecule has 1 aliphatic rings. The highest BCUT2D eigenvalue weighted by Crippen LogP contribution is 2.41. The molecule has 2 aromatic rings. The molecule has 1 aliphatic heterocycles. The Labute approximate surface area is 156 Å². The third-order valence-electron chi connectivity index (χ3n) is 4.70. The van der Waals surface area contributed by atoms with Gasteiger partial charge < -0.3 is 4.74 Å². The van der Waals surface area contributed by atoms with Crippen LogP contribution < -0.4 is 4.90 Å². The molecule has 138 valence electrons. The molecule has 0 radical (unpaired) electrons. The molecular formula is C22H28N2O2. The van der Waals surface area contributed by atoms with Crippen LogP contribution in [0, 0.1) is 0 Å². The van der Waals surface area contributed by atoms with E-state index in [-0.39, 0.29) is 11.5 Å². The minimum Gasteiger partial charge on any atom is -0.443 e. The molecule has 0 saturated carbocycles. The summed E-state index contributed by atoms with van der Waals surface area (Å²) < 4.78 is 5.59. The number of rotatable bonds is 3. The summed E-state index contributed by atoms with van der Waals surface area (Å²) in [5.74, 6) is 0. The molecule has 0 bridgehead atoms. The largest absolute Gasteiger partial charge is 0.443 e. The summed E-state index contributed by atoms with van der Waals surface area (Å²) in [6, 6.07) is 10.6. The standard InChI is InChI=1S/C22H28N2O2/c1-21(2,3)26-20(25)24-15-22(4,5)18-14-17(8-9-19(18)24)7-6-16-10-12-23-13-11-16/h8-14H,6-7,15H2,1-5H3. The maximum absolute atomic E-state index is 12.6. The van der Waals surface area contributed by atoms with Gasteiger partial charge >= 0.3 is 6.09 Å². The molecule has 0 spiro atoms. The summed E-state index contributed by atoms with van der Waals surface area (Å²) in [5.41, 5.74) is 4.19. The third kappa shape index (κ3) is 4.06. The van der Waals surface area contributed by atoms with Crippen LogP contribution in [-0.4, -0.2) is 23.2 Å². The Morgan fingerprint density at radius 1 is 1.12 bits per heavy atom. The molecule has 0 atom stereocenters. The maximum atomic E-state index is 12.6.